The second-order valence-electron chi connectivity index (χ2n) is 10.9. The Morgan fingerprint density at radius 2 is 1.67 bits per heavy atom. The molecule has 36 heavy (non-hydrogen) atoms. The number of ketones is 1. The highest BCUT2D eigenvalue weighted by molar-refractivity contribution is 5.97. The average molecular weight is 496 g/mol. The number of benzene rings is 2. The molecule has 8 nitrogen and oxygen atoms in total. The number of nitrogens with zero attached hydrogens (tertiary/aromatic N) is 1. The van der Waals surface area contributed by atoms with Gasteiger partial charge >= 0.3 is 12.1 Å². The fourth-order valence-electron chi connectivity index (χ4n) is 5.19. The van der Waals surface area contributed by atoms with Gasteiger partial charge in [0.2, 0.25) is 5.78 Å². The second kappa shape index (κ2) is 10.3. The molecule has 0 radical (unpaired) electrons. The maximum absolute atomic E-state index is 13.4. The van der Waals surface area contributed by atoms with Crippen LogP contribution in [0, 0.1) is 5.92 Å². The summed E-state index contributed by atoms with van der Waals surface area (Å²) in [7, 11) is 0. The first kappa shape index (κ1) is 25.7. The van der Waals surface area contributed by atoms with Gasteiger partial charge in [0.15, 0.2) is 12.1 Å². The lowest BCUT2D eigenvalue weighted by atomic mass is 9.82. The summed E-state index contributed by atoms with van der Waals surface area (Å²) in [5.41, 5.74) is 0.472. The summed E-state index contributed by atoms with van der Waals surface area (Å²) in [6, 6.07) is 14.3. The zero-order valence-corrected chi connectivity index (χ0v) is 21.1. The van der Waals surface area contributed by atoms with Crippen LogP contribution < -0.4 is 5.32 Å². The van der Waals surface area contributed by atoms with E-state index in [1.54, 1.807) is 57.2 Å². The van der Waals surface area contributed by atoms with E-state index in [-0.39, 0.29) is 23.6 Å². The zero-order chi connectivity index (χ0) is 25.9. The Balaban J connectivity index is 1.46. The molecule has 2 bridgehead atoms. The summed E-state index contributed by atoms with van der Waals surface area (Å²) >= 11 is 0. The van der Waals surface area contributed by atoms with E-state index in [0.717, 1.165) is 25.9 Å². The predicted octanol–water partition coefficient (Wildman–Crippen LogP) is 3.99. The molecule has 0 aromatic heterocycles. The monoisotopic (exact) mass is 495 g/mol. The minimum atomic E-state index is -0.997. The number of quaternary nitrogens is 1. The lowest BCUT2D eigenvalue weighted by Gasteiger charge is -2.51. The number of Topliss-reactive ketones (excluding diaryl/α,β-unsaturated/α-hetero) is 1. The van der Waals surface area contributed by atoms with Crippen LogP contribution in [0.1, 0.15) is 55.6 Å². The van der Waals surface area contributed by atoms with Gasteiger partial charge in [-0.25, -0.2) is 9.59 Å². The third-order valence-corrected chi connectivity index (χ3v) is 7.01. The Labute approximate surface area is 211 Å². The molecule has 2 N–H and O–H groups in total. The number of carbonyl (C=O) groups excluding carboxylic acids is 3. The number of aromatic hydroxyl groups is 1. The van der Waals surface area contributed by atoms with Crippen LogP contribution in [0.25, 0.3) is 0 Å². The van der Waals surface area contributed by atoms with Crippen molar-refractivity contribution in [2.45, 2.75) is 51.4 Å². The first-order valence-corrected chi connectivity index (χ1v) is 12.5. The van der Waals surface area contributed by atoms with Crippen molar-refractivity contribution in [1.82, 2.24) is 5.32 Å². The standard InChI is InChI=1S/C28H34N2O6/c1-28(2,3)36-27(34)29-25(21-7-5-4-6-8-21)26(33)35-24-18-30(15-13-20(24)14-16-30)17-23(32)19-9-11-22(31)12-10-19/h4-12,20,24-25H,13-18H2,1-3H3,(H-,29,31,32,34)/p+1. The van der Waals surface area contributed by atoms with Gasteiger partial charge in [0.05, 0.1) is 13.1 Å². The first-order chi connectivity index (χ1) is 17.0. The van der Waals surface area contributed by atoms with Crippen molar-refractivity contribution in [2.75, 3.05) is 26.2 Å². The number of hydrogen-bond donors (Lipinski definition) is 2. The minimum Gasteiger partial charge on any atom is -0.508 e. The number of rotatable bonds is 7. The molecular weight excluding hydrogens is 460 g/mol. The molecule has 1 amide bonds. The fraction of sp³-hybridized carbons (Fsp3) is 0.464. The number of piperidine rings is 3. The van der Waals surface area contributed by atoms with E-state index in [9.17, 15) is 19.5 Å². The number of esters is 1. The van der Waals surface area contributed by atoms with Crippen molar-refractivity contribution in [3.8, 4) is 5.75 Å². The third kappa shape index (κ3) is 6.23. The molecule has 0 aliphatic carbocycles. The molecule has 3 aliphatic rings. The first-order valence-electron chi connectivity index (χ1n) is 12.5. The minimum absolute atomic E-state index is 0.00850. The molecule has 5 rings (SSSR count). The van der Waals surface area contributed by atoms with Crippen molar-refractivity contribution < 1.29 is 33.4 Å². The third-order valence-electron chi connectivity index (χ3n) is 7.01. The number of phenols is 1. The number of alkyl carbamates (subject to hydrolysis) is 1. The number of ether oxygens (including phenoxy) is 2. The van der Waals surface area contributed by atoms with E-state index in [2.05, 4.69) is 5.32 Å². The number of hydrogen-bond acceptors (Lipinski definition) is 6. The molecule has 2 aromatic rings. The molecule has 8 heteroatoms. The summed E-state index contributed by atoms with van der Waals surface area (Å²) in [5, 5.41) is 12.2. The molecule has 2 atom stereocenters. The Hall–Kier alpha value is -3.39. The van der Waals surface area contributed by atoms with Crippen LogP contribution in [-0.4, -0.2) is 65.3 Å². The van der Waals surface area contributed by atoms with Gasteiger partial charge in [-0.3, -0.25) is 4.79 Å². The van der Waals surface area contributed by atoms with Gasteiger partial charge in [-0.1, -0.05) is 30.3 Å². The second-order valence-corrected chi connectivity index (χ2v) is 10.9. The van der Waals surface area contributed by atoms with Crippen molar-refractivity contribution in [2.24, 2.45) is 5.92 Å². The summed E-state index contributed by atoms with van der Waals surface area (Å²) in [6.45, 7) is 7.90. The van der Waals surface area contributed by atoms with Crippen LogP contribution in [0.3, 0.4) is 0 Å². The molecule has 2 unspecified atom stereocenters. The van der Waals surface area contributed by atoms with Gasteiger partial charge in [-0.2, -0.15) is 0 Å². The van der Waals surface area contributed by atoms with Crippen LogP contribution in [0.4, 0.5) is 4.79 Å². The Morgan fingerprint density at radius 3 is 2.28 bits per heavy atom. The fourth-order valence-corrected chi connectivity index (χ4v) is 5.19. The highest BCUT2D eigenvalue weighted by Crippen LogP contribution is 2.36. The number of carbonyl (C=O) groups is 3. The lowest BCUT2D eigenvalue weighted by molar-refractivity contribution is -0.938. The van der Waals surface area contributed by atoms with Crippen molar-refractivity contribution in [3.63, 3.8) is 0 Å². The van der Waals surface area contributed by atoms with Crippen LogP contribution >= 0.6 is 0 Å². The average Bonchev–Trinajstić information content (AvgIpc) is 2.83. The van der Waals surface area contributed by atoms with Crippen molar-refractivity contribution in [1.29, 1.82) is 0 Å². The number of fused-ring (bicyclic) bond motifs is 3. The molecule has 3 saturated heterocycles. The highest BCUT2D eigenvalue weighted by atomic mass is 16.6. The molecule has 2 aromatic carbocycles. The Bertz CT molecular complexity index is 1090. The molecule has 0 saturated carbocycles. The zero-order valence-electron chi connectivity index (χ0n) is 21.1. The van der Waals surface area contributed by atoms with Crippen LogP contribution in [-0.2, 0) is 14.3 Å². The topological polar surface area (TPSA) is 102 Å². The molecule has 0 spiro atoms. The summed E-state index contributed by atoms with van der Waals surface area (Å²) in [4.78, 5) is 38.9. The Kier molecular flexibility index (Phi) is 7.36. The van der Waals surface area contributed by atoms with E-state index < -0.39 is 23.7 Å². The maximum Gasteiger partial charge on any atom is 0.408 e. The predicted molar refractivity (Wildman–Crippen MR) is 133 cm³/mol. The van der Waals surface area contributed by atoms with E-state index in [4.69, 9.17) is 9.47 Å². The van der Waals surface area contributed by atoms with Gasteiger partial charge < -0.3 is 24.4 Å². The normalized spacial score (nSPS) is 24.0. The maximum atomic E-state index is 13.4. The lowest BCUT2D eigenvalue weighted by Crippen LogP contribution is -2.66. The molecule has 3 heterocycles. The molecule has 3 fully saturated rings. The van der Waals surface area contributed by atoms with Crippen molar-refractivity contribution >= 4 is 17.8 Å². The summed E-state index contributed by atoms with van der Waals surface area (Å²) < 4.78 is 12.0. The number of amides is 1. The van der Waals surface area contributed by atoms with E-state index in [1.807, 2.05) is 6.07 Å². The summed E-state index contributed by atoms with van der Waals surface area (Å²) in [6.07, 6.45) is 0.719. The number of phenolic OH excluding ortho intramolecular Hbond substituents is 1. The van der Waals surface area contributed by atoms with Crippen LogP contribution in [0.2, 0.25) is 0 Å². The van der Waals surface area contributed by atoms with Crippen molar-refractivity contribution in [3.05, 3.63) is 65.7 Å². The van der Waals surface area contributed by atoms with Crippen LogP contribution in [0.5, 0.6) is 5.75 Å². The largest absolute Gasteiger partial charge is 0.508 e. The molecular formula is C28H35N2O6+. The van der Waals surface area contributed by atoms with Gasteiger partial charge in [0, 0.05) is 24.3 Å². The quantitative estimate of drug-likeness (QED) is 0.342. The summed E-state index contributed by atoms with van der Waals surface area (Å²) in [5.74, 6) is -0.170. The van der Waals surface area contributed by atoms with Gasteiger partial charge in [0.25, 0.3) is 0 Å². The van der Waals surface area contributed by atoms with Gasteiger partial charge in [-0.15, -0.1) is 0 Å². The van der Waals surface area contributed by atoms with E-state index >= 15 is 0 Å². The van der Waals surface area contributed by atoms with Gasteiger partial charge in [0.1, 0.15) is 24.4 Å². The Morgan fingerprint density at radius 1 is 1.03 bits per heavy atom. The molecule has 192 valence electrons. The molecule has 3 aliphatic heterocycles. The SMILES string of the molecule is CC(C)(C)OC(=O)NC(C(=O)OC1C[N+]2(CC(=O)c3ccc(O)cc3)CCC1CC2)c1ccccc1. The van der Waals surface area contributed by atoms with E-state index in [0.29, 0.717) is 28.7 Å². The van der Waals surface area contributed by atoms with Gasteiger partial charge in [-0.05, 0) is 50.6 Å². The number of nitrogens with one attached hydrogen (secondary N) is 1. The highest BCUT2D eigenvalue weighted by Gasteiger charge is 2.49. The van der Waals surface area contributed by atoms with Crippen LogP contribution in [0.15, 0.2) is 54.6 Å². The van der Waals surface area contributed by atoms with E-state index in [1.165, 1.54) is 12.1 Å². The smallest absolute Gasteiger partial charge is 0.408 e.